The molecule has 3 fully saturated rings. The van der Waals surface area contributed by atoms with Crippen molar-refractivity contribution >= 4 is 35.4 Å². The third kappa shape index (κ3) is 6.01. The fourth-order valence-corrected chi connectivity index (χ4v) is 5.93. The molecule has 0 aromatic heterocycles. The van der Waals surface area contributed by atoms with Crippen LogP contribution in [-0.4, -0.2) is 95.7 Å². The van der Waals surface area contributed by atoms with Gasteiger partial charge in [-0.1, -0.05) is 11.6 Å². The highest BCUT2D eigenvalue weighted by Gasteiger charge is 2.42. The van der Waals surface area contributed by atoms with Crippen LogP contribution in [0.25, 0.3) is 0 Å². The second-order valence-electron chi connectivity index (χ2n) is 10.3. The summed E-state index contributed by atoms with van der Waals surface area (Å²) in [7, 11) is 0. The van der Waals surface area contributed by atoms with Crippen LogP contribution in [0.5, 0.6) is 0 Å². The van der Waals surface area contributed by atoms with E-state index in [1.807, 2.05) is 5.01 Å². The molecule has 16 heteroatoms. The van der Waals surface area contributed by atoms with Gasteiger partial charge in [-0.3, -0.25) is 24.6 Å². The Kier molecular flexibility index (Phi) is 7.92. The molecule has 3 unspecified atom stereocenters. The summed E-state index contributed by atoms with van der Waals surface area (Å²) in [6.45, 7) is -0.529. The Bertz CT molecular complexity index is 1230. The maximum Gasteiger partial charge on any atom is 0.407 e. The lowest BCUT2D eigenvalue weighted by atomic mass is 10.0. The maximum atomic E-state index is 15.3. The van der Waals surface area contributed by atoms with E-state index in [1.165, 1.54) is 15.9 Å². The number of hydrogen-bond acceptors (Lipinski definition) is 8. The minimum Gasteiger partial charge on any atom is -0.448 e. The van der Waals surface area contributed by atoms with Crippen molar-refractivity contribution < 1.29 is 41.5 Å². The van der Waals surface area contributed by atoms with Crippen molar-refractivity contribution in [3.63, 3.8) is 0 Å². The first-order valence-electron chi connectivity index (χ1n) is 12.8. The summed E-state index contributed by atoms with van der Waals surface area (Å²) >= 11 is 6.32. The molecular weight excluding hydrogens is 564 g/mol. The van der Waals surface area contributed by atoms with E-state index in [2.05, 4.69) is 16.1 Å². The van der Waals surface area contributed by atoms with E-state index >= 15 is 4.39 Å². The molecule has 4 heterocycles. The van der Waals surface area contributed by atoms with Crippen molar-refractivity contribution in [1.29, 1.82) is 0 Å². The Morgan fingerprint density at radius 1 is 1.23 bits per heavy atom. The molecule has 0 bridgehead atoms. The Morgan fingerprint density at radius 2 is 2.00 bits per heavy atom. The van der Waals surface area contributed by atoms with Crippen molar-refractivity contribution in [2.45, 2.75) is 56.7 Å². The topological polar surface area (TPSA) is 123 Å². The minimum atomic E-state index is -4.27. The number of carbonyl (C=O) groups is 4. The Labute approximate surface area is 231 Å². The molecule has 3 saturated heterocycles. The summed E-state index contributed by atoms with van der Waals surface area (Å²) in [5.74, 6) is -2.69. The van der Waals surface area contributed by atoms with Gasteiger partial charge in [-0.2, -0.15) is 13.2 Å². The molecule has 0 radical (unpaired) electrons. The number of imide groups is 1. The van der Waals surface area contributed by atoms with Crippen LogP contribution in [-0.2, 0) is 27.4 Å². The van der Waals surface area contributed by atoms with Crippen molar-refractivity contribution in [1.82, 2.24) is 30.9 Å². The van der Waals surface area contributed by atoms with Crippen molar-refractivity contribution in [2.24, 2.45) is 0 Å². The highest BCUT2D eigenvalue weighted by Crippen LogP contribution is 2.35. The quantitative estimate of drug-likeness (QED) is 0.335. The number of carbonyl (C=O) groups excluding carboxylic acids is 4. The zero-order valence-corrected chi connectivity index (χ0v) is 21.9. The number of halogens is 5. The lowest BCUT2D eigenvalue weighted by Crippen LogP contribution is -2.55. The van der Waals surface area contributed by atoms with E-state index < -0.39 is 48.4 Å². The molecule has 1 aromatic rings. The van der Waals surface area contributed by atoms with Crippen LogP contribution in [0.4, 0.5) is 22.4 Å². The summed E-state index contributed by atoms with van der Waals surface area (Å²) < 4.78 is 58.7. The highest BCUT2D eigenvalue weighted by atomic mass is 35.5. The lowest BCUT2D eigenvalue weighted by Gasteiger charge is -2.37. The molecule has 3 N–H and O–H groups in total. The van der Waals surface area contributed by atoms with Crippen molar-refractivity contribution in [3.05, 3.63) is 33.6 Å². The molecule has 218 valence electrons. The average Bonchev–Trinajstić information content (AvgIpc) is 3.44. The number of fused-ring (bicyclic) bond motifs is 2. The first kappa shape index (κ1) is 28.5. The summed E-state index contributed by atoms with van der Waals surface area (Å²) in [6, 6.07) is -0.0708. The van der Waals surface area contributed by atoms with Gasteiger partial charge in [0, 0.05) is 61.3 Å². The Morgan fingerprint density at radius 3 is 2.73 bits per heavy atom. The molecule has 0 spiro atoms. The number of amides is 4. The predicted molar refractivity (Wildman–Crippen MR) is 130 cm³/mol. The number of piperazine rings is 1. The van der Waals surface area contributed by atoms with Crippen molar-refractivity contribution in [3.8, 4) is 0 Å². The van der Waals surface area contributed by atoms with Crippen molar-refractivity contribution in [2.75, 3.05) is 32.8 Å². The zero-order valence-electron chi connectivity index (χ0n) is 21.2. The summed E-state index contributed by atoms with van der Waals surface area (Å²) in [4.78, 5) is 51.5. The first-order chi connectivity index (χ1) is 18.9. The summed E-state index contributed by atoms with van der Waals surface area (Å²) in [5.41, 5.74) is 3.03. The third-order valence-electron chi connectivity index (χ3n) is 7.50. The second-order valence-corrected chi connectivity index (χ2v) is 10.7. The number of hydrogen-bond donors (Lipinski definition) is 3. The normalized spacial score (nSPS) is 25.6. The van der Waals surface area contributed by atoms with Gasteiger partial charge < -0.3 is 15.0 Å². The Hall–Kier alpha value is -3.01. The van der Waals surface area contributed by atoms with Gasteiger partial charge in [0.15, 0.2) is 0 Å². The van der Waals surface area contributed by atoms with Gasteiger partial charge in [-0.25, -0.2) is 19.6 Å². The third-order valence-corrected chi connectivity index (χ3v) is 7.83. The molecule has 40 heavy (non-hydrogen) atoms. The molecule has 0 aliphatic carbocycles. The largest absolute Gasteiger partial charge is 0.448 e. The number of alkyl halides is 3. The fraction of sp³-hybridized carbons (Fsp3) is 0.583. The number of benzene rings is 1. The molecule has 5 rings (SSSR count). The summed E-state index contributed by atoms with van der Waals surface area (Å²) in [6.07, 6.45) is -4.46. The standard InChI is InChI=1S/C24H27ClF4N6O5/c25-16-5-12(20(26)19-15(16)9-34(22(19)38)17-1-2-18(36)31-21(17)37)7-30-23(39)40-10-13-6-14-8-33(11-24(27,28)29)3-4-35(14)32-13/h5,13-14,17,32H,1-4,6-11H2,(H,30,39)(H,31,36,37). The van der Waals surface area contributed by atoms with E-state index in [0.717, 1.165) is 0 Å². The van der Waals surface area contributed by atoms with Crippen LogP contribution in [0.3, 0.4) is 0 Å². The number of rotatable bonds is 6. The van der Waals surface area contributed by atoms with Crippen LogP contribution in [0.15, 0.2) is 6.07 Å². The molecule has 4 aliphatic heterocycles. The van der Waals surface area contributed by atoms with E-state index in [0.29, 0.717) is 13.0 Å². The molecule has 4 aliphatic rings. The van der Waals surface area contributed by atoms with Crippen LogP contribution in [0, 0.1) is 5.82 Å². The SMILES string of the molecule is O=C1CCC(N2Cc3c(Cl)cc(CNC(=O)OCC4CC5CN(CC(F)(F)F)CCN5N4)c(F)c3C2=O)C(=O)N1. The van der Waals surface area contributed by atoms with Gasteiger partial charge in [0.25, 0.3) is 5.91 Å². The van der Waals surface area contributed by atoms with Crippen LogP contribution in [0.2, 0.25) is 5.02 Å². The first-order valence-corrected chi connectivity index (χ1v) is 13.1. The second kappa shape index (κ2) is 11.1. The van der Waals surface area contributed by atoms with E-state index in [1.54, 1.807) is 0 Å². The van der Waals surface area contributed by atoms with Crippen LogP contribution in [0.1, 0.15) is 40.7 Å². The van der Waals surface area contributed by atoms with Crippen LogP contribution < -0.4 is 16.1 Å². The van der Waals surface area contributed by atoms with E-state index in [9.17, 15) is 32.3 Å². The number of hydrazine groups is 1. The molecular formula is C24H27ClF4N6O5. The van der Waals surface area contributed by atoms with E-state index in [-0.39, 0.29) is 79.4 Å². The van der Waals surface area contributed by atoms with Gasteiger partial charge in [0.2, 0.25) is 11.8 Å². The van der Waals surface area contributed by atoms with Gasteiger partial charge in [0.1, 0.15) is 18.5 Å². The fourth-order valence-electron chi connectivity index (χ4n) is 5.64. The lowest BCUT2D eigenvalue weighted by molar-refractivity contribution is -0.151. The molecule has 4 amide bonds. The average molecular weight is 591 g/mol. The molecule has 3 atom stereocenters. The molecule has 0 saturated carbocycles. The summed E-state index contributed by atoms with van der Waals surface area (Å²) in [5, 5.41) is 6.54. The van der Waals surface area contributed by atoms with E-state index in [4.69, 9.17) is 16.3 Å². The van der Waals surface area contributed by atoms with Gasteiger partial charge in [-0.15, -0.1) is 0 Å². The smallest absolute Gasteiger partial charge is 0.407 e. The maximum absolute atomic E-state index is 15.3. The van der Waals surface area contributed by atoms with Crippen LogP contribution >= 0.6 is 11.6 Å². The molecule has 1 aromatic carbocycles. The number of ether oxygens (including phenoxy) is 1. The zero-order chi connectivity index (χ0) is 28.8. The van der Waals surface area contributed by atoms with Gasteiger partial charge in [-0.05, 0) is 18.9 Å². The monoisotopic (exact) mass is 590 g/mol. The van der Waals surface area contributed by atoms with Gasteiger partial charge in [0.05, 0.1) is 18.2 Å². The number of piperidine rings is 1. The minimum absolute atomic E-state index is 0.0507. The number of nitrogens with one attached hydrogen (secondary N) is 3. The Balaban J connectivity index is 1.13. The molecule has 11 nitrogen and oxygen atoms in total. The van der Waals surface area contributed by atoms with Gasteiger partial charge >= 0.3 is 12.3 Å². The number of alkyl carbamates (subject to hydrolysis) is 1. The number of nitrogens with zero attached hydrogens (tertiary/aromatic N) is 3. The predicted octanol–water partition coefficient (Wildman–Crippen LogP) is 1.29. The highest BCUT2D eigenvalue weighted by molar-refractivity contribution is 6.32.